The van der Waals surface area contributed by atoms with E-state index < -0.39 is 0 Å². The summed E-state index contributed by atoms with van der Waals surface area (Å²) in [4.78, 5) is 17.9. The first kappa shape index (κ1) is 10.4. The molecule has 0 saturated carbocycles. The van der Waals surface area contributed by atoms with Gasteiger partial charge in [0, 0.05) is 12.1 Å². The van der Waals surface area contributed by atoms with Crippen molar-refractivity contribution in [2.45, 2.75) is 6.54 Å². The van der Waals surface area contributed by atoms with Gasteiger partial charge < -0.3 is 10.3 Å². The van der Waals surface area contributed by atoms with Crippen LogP contribution in [-0.2, 0) is 11.3 Å². The van der Waals surface area contributed by atoms with E-state index in [0.717, 1.165) is 11.6 Å². The number of hydrogen-bond donors (Lipinski definition) is 2. The van der Waals surface area contributed by atoms with Gasteiger partial charge in [0.25, 0.3) is 0 Å². The van der Waals surface area contributed by atoms with Gasteiger partial charge in [0.15, 0.2) is 0 Å². The smallest absolute Gasteiger partial charge is 0.243 e. The quantitative estimate of drug-likeness (QED) is 0.768. The Morgan fingerprint density at radius 3 is 3.19 bits per heavy atom. The third-order valence-electron chi connectivity index (χ3n) is 2.26. The second kappa shape index (κ2) is 4.14. The number of nitrogens with one attached hydrogen (secondary N) is 2. The van der Waals surface area contributed by atoms with Crippen LogP contribution in [0.15, 0.2) is 31.1 Å². The Morgan fingerprint density at radius 2 is 2.44 bits per heavy atom. The lowest BCUT2D eigenvalue weighted by Crippen LogP contribution is -2.20. The summed E-state index contributed by atoms with van der Waals surface area (Å²) in [6.07, 6.45) is 2.63. The number of fused-ring (bicyclic) bond motifs is 1. The van der Waals surface area contributed by atoms with E-state index >= 15 is 0 Å². The van der Waals surface area contributed by atoms with Crippen LogP contribution in [0.4, 0.5) is 4.39 Å². The van der Waals surface area contributed by atoms with E-state index in [1.54, 1.807) is 6.07 Å². The van der Waals surface area contributed by atoms with Crippen molar-refractivity contribution in [1.29, 1.82) is 0 Å². The van der Waals surface area contributed by atoms with Crippen molar-refractivity contribution in [3.05, 3.63) is 42.5 Å². The maximum absolute atomic E-state index is 13.5. The SMILES string of the molecule is C=CC(=O)NCc1c(F)ccc2[nH]cnc12. The van der Waals surface area contributed by atoms with Crippen LogP contribution in [0.1, 0.15) is 5.56 Å². The number of hydrogen-bond acceptors (Lipinski definition) is 2. The summed E-state index contributed by atoms with van der Waals surface area (Å²) in [6, 6.07) is 2.95. The molecule has 82 valence electrons. The molecule has 0 aliphatic heterocycles. The second-order valence-electron chi connectivity index (χ2n) is 3.25. The molecule has 5 heteroatoms. The average Bonchev–Trinajstić information content (AvgIpc) is 2.75. The topological polar surface area (TPSA) is 57.8 Å². The normalized spacial score (nSPS) is 10.3. The predicted molar refractivity (Wildman–Crippen MR) is 58.1 cm³/mol. The summed E-state index contributed by atoms with van der Waals surface area (Å²) in [6.45, 7) is 3.42. The van der Waals surface area contributed by atoms with Gasteiger partial charge in [0.1, 0.15) is 5.82 Å². The van der Waals surface area contributed by atoms with Crippen molar-refractivity contribution in [2.24, 2.45) is 0 Å². The van der Waals surface area contributed by atoms with E-state index in [4.69, 9.17) is 0 Å². The highest BCUT2D eigenvalue weighted by atomic mass is 19.1. The molecule has 2 aromatic rings. The molecule has 2 N–H and O–H groups in total. The molecule has 0 fully saturated rings. The van der Waals surface area contributed by atoms with Crippen LogP contribution in [0.5, 0.6) is 0 Å². The molecular weight excluding hydrogens is 209 g/mol. The molecular formula is C11H10FN3O. The van der Waals surface area contributed by atoms with Crippen molar-refractivity contribution >= 4 is 16.9 Å². The number of carbonyl (C=O) groups excluding carboxylic acids is 1. The molecule has 1 amide bonds. The Labute approximate surface area is 91.2 Å². The van der Waals surface area contributed by atoms with Crippen molar-refractivity contribution < 1.29 is 9.18 Å². The maximum atomic E-state index is 13.5. The standard InChI is InChI=1S/C11H10FN3O/c1-2-10(16)13-5-7-8(12)3-4-9-11(7)15-6-14-9/h2-4,6H,1,5H2,(H,13,16)(H,14,15). The number of H-pyrrole nitrogens is 1. The van der Waals surface area contributed by atoms with E-state index in [0.29, 0.717) is 11.1 Å². The number of benzene rings is 1. The summed E-state index contributed by atoms with van der Waals surface area (Å²) >= 11 is 0. The van der Waals surface area contributed by atoms with Gasteiger partial charge in [-0.05, 0) is 18.2 Å². The predicted octanol–water partition coefficient (Wildman–Crippen LogP) is 1.50. The zero-order chi connectivity index (χ0) is 11.5. The van der Waals surface area contributed by atoms with E-state index in [2.05, 4.69) is 21.9 Å². The molecule has 2 rings (SSSR count). The number of nitrogens with zero attached hydrogens (tertiary/aromatic N) is 1. The van der Waals surface area contributed by atoms with Gasteiger partial charge in [-0.3, -0.25) is 4.79 Å². The molecule has 0 spiro atoms. The fraction of sp³-hybridized carbons (Fsp3) is 0.0909. The maximum Gasteiger partial charge on any atom is 0.243 e. The van der Waals surface area contributed by atoms with Crippen LogP contribution >= 0.6 is 0 Å². The number of amides is 1. The lowest BCUT2D eigenvalue weighted by atomic mass is 10.1. The van der Waals surface area contributed by atoms with Gasteiger partial charge in [-0.1, -0.05) is 6.58 Å². The first-order valence-corrected chi connectivity index (χ1v) is 4.73. The van der Waals surface area contributed by atoms with Crippen molar-refractivity contribution in [1.82, 2.24) is 15.3 Å². The molecule has 0 radical (unpaired) electrons. The number of aromatic amines is 1. The van der Waals surface area contributed by atoms with Gasteiger partial charge in [0.05, 0.1) is 17.4 Å². The minimum atomic E-state index is -0.385. The summed E-state index contributed by atoms with van der Waals surface area (Å²) in [5, 5.41) is 2.52. The largest absolute Gasteiger partial charge is 0.348 e. The van der Waals surface area contributed by atoms with Gasteiger partial charge in [-0.15, -0.1) is 0 Å². The highest BCUT2D eigenvalue weighted by molar-refractivity contribution is 5.87. The van der Waals surface area contributed by atoms with Gasteiger partial charge in [-0.25, -0.2) is 9.37 Å². The van der Waals surface area contributed by atoms with E-state index in [1.165, 1.54) is 12.4 Å². The van der Waals surface area contributed by atoms with Crippen LogP contribution < -0.4 is 5.32 Å². The van der Waals surface area contributed by atoms with Gasteiger partial charge >= 0.3 is 0 Å². The number of halogens is 1. The highest BCUT2D eigenvalue weighted by Crippen LogP contribution is 2.18. The molecule has 0 unspecified atom stereocenters. The lowest BCUT2D eigenvalue weighted by molar-refractivity contribution is -0.116. The summed E-state index contributed by atoms with van der Waals surface area (Å²) < 4.78 is 13.5. The molecule has 16 heavy (non-hydrogen) atoms. The average molecular weight is 219 g/mol. The molecule has 0 saturated heterocycles. The van der Waals surface area contributed by atoms with Gasteiger partial charge in [0.2, 0.25) is 5.91 Å². The Kier molecular flexibility index (Phi) is 2.68. The van der Waals surface area contributed by atoms with Crippen molar-refractivity contribution in [3.8, 4) is 0 Å². The van der Waals surface area contributed by atoms with Crippen LogP contribution in [0.3, 0.4) is 0 Å². The molecule has 0 aliphatic rings. The molecule has 1 aromatic carbocycles. The van der Waals surface area contributed by atoms with Crippen LogP contribution in [-0.4, -0.2) is 15.9 Å². The first-order valence-electron chi connectivity index (χ1n) is 4.73. The number of aromatic nitrogens is 2. The van der Waals surface area contributed by atoms with E-state index in [1.807, 2.05) is 0 Å². The Bertz CT molecular complexity index is 547. The number of carbonyl (C=O) groups is 1. The second-order valence-corrected chi connectivity index (χ2v) is 3.25. The fourth-order valence-electron chi connectivity index (χ4n) is 1.46. The van der Waals surface area contributed by atoms with Gasteiger partial charge in [-0.2, -0.15) is 0 Å². The lowest BCUT2D eigenvalue weighted by Gasteiger charge is -2.04. The molecule has 0 aliphatic carbocycles. The van der Waals surface area contributed by atoms with E-state index in [9.17, 15) is 9.18 Å². The number of imidazole rings is 1. The zero-order valence-corrected chi connectivity index (χ0v) is 8.46. The molecule has 1 heterocycles. The molecule has 1 aromatic heterocycles. The Morgan fingerprint density at radius 1 is 1.62 bits per heavy atom. The summed E-state index contributed by atoms with van der Waals surface area (Å²) in [5.74, 6) is -0.726. The minimum absolute atomic E-state index is 0.0961. The Hall–Kier alpha value is -2.17. The van der Waals surface area contributed by atoms with Crippen molar-refractivity contribution in [3.63, 3.8) is 0 Å². The number of rotatable bonds is 3. The van der Waals surface area contributed by atoms with E-state index in [-0.39, 0.29) is 18.3 Å². The van der Waals surface area contributed by atoms with Crippen molar-refractivity contribution in [2.75, 3.05) is 0 Å². The minimum Gasteiger partial charge on any atom is -0.348 e. The first-order chi connectivity index (χ1) is 7.72. The monoisotopic (exact) mass is 219 g/mol. The fourth-order valence-corrected chi connectivity index (χ4v) is 1.46. The van der Waals surface area contributed by atoms with Crippen LogP contribution in [0.2, 0.25) is 0 Å². The van der Waals surface area contributed by atoms with Crippen LogP contribution in [0, 0.1) is 5.82 Å². The third-order valence-corrected chi connectivity index (χ3v) is 2.26. The summed E-state index contributed by atoms with van der Waals surface area (Å²) in [7, 11) is 0. The molecule has 0 atom stereocenters. The van der Waals surface area contributed by atoms with Crippen LogP contribution in [0.25, 0.3) is 11.0 Å². The summed E-state index contributed by atoms with van der Waals surface area (Å²) in [5.41, 5.74) is 1.64. The highest BCUT2D eigenvalue weighted by Gasteiger charge is 2.09. The zero-order valence-electron chi connectivity index (χ0n) is 8.46. The molecule has 4 nitrogen and oxygen atoms in total. The molecule has 0 bridgehead atoms. The Balaban J connectivity index is 2.34. The third kappa shape index (κ3) is 1.79.